The van der Waals surface area contributed by atoms with Crippen LogP contribution in [0.2, 0.25) is 0 Å². The SMILES string of the molecule is O=C(O)c1ccc(OCCCCCCCCCCCCCCCCCCOc2ccc(C(=O)O)cc2)cc1. The lowest BCUT2D eigenvalue weighted by Gasteiger charge is -2.07. The number of hydrogen-bond acceptors (Lipinski definition) is 4. The number of carboxylic acid groups (broad SMARTS) is 2. The molecule has 0 aliphatic carbocycles. The van der Waals surface area contributed by atoms with Crippen molar-refractivity contribution in [2.75, 3.05) is 13.2 Å². The van der Waals surface area contributed by atoms with E-state index in [0.29, 0.717) is 13.2 Å². The van der Waals surface area contributed by atoms with Gasteiger partial charge in [0.25, 0.3) is 0 Å². The van der Waals surface area contributed by atoms with E-state index >= 15 is 0 Å². The van der Waals surface area contributed by atoms with E-state index in [0.717, 1.165) is 24.3 Å². The molecule has 2 rings (SSSR count). The minimum atomic E-state index is -0.913. The molecular formula is C32H46O6. The van der Waals surface area contributed by atoms with Crippen LogP contribution in [-0.4, -0.2) is 35.4 Å². The third-order valence-electron chi connectivity index (χ3n) is 6.78. The second kappa shape index (κ2) is 20.0. The molecule has 0 heterocycles. The third-order valence-corrected chi connectivity index (χ3v) is 6.78. The van der Waals surface area contributed by atoms with Gasteiger partial charge in [-0.2, -0.15) is 0 Å². The van der Waals surface area contributed by atoms with Crippen LogP contribution in [0.5, 0.6) is 11.5 Å². The molecule has 0 spiro atoms. The molecule has 38 heavy (non-hydrogen) atoms. The summed E-state index contributed by atoms with van der Waals surface area (Å²) in [6, 6.07) is 13.2. The summed E-state index contributed by atoms with van der Waals surface area (Å²) in [5, 5.41) is 17.8. The smallest absolute Gasteiger partial charge is 0.335 e. The second-order valence-electron chi connectivity index (χ2n) is 10.0. The van der Waals surface area contributed by atoms with Crippen LogP contribution < -0.4 is 9.47 Å². The number of hydrogen-bond donors (Lipinski definition) is 2. The number of ether oxygens (including phenoxy) is 2. The van der Waals surface area contributed by atoms with E-state index in [1.165, 1.54) is 89.9 Å². The van der Waals surface area contributed by atoms with E-state index in [9.17, 15) is 9.59 Å². The zero-order chi connectivity index (χ0) is 27.3. The van der Waals surface area contributed by atoms with Gasteiger partial charge in [-0.25, -0.2) is 9.59 Å². The summed E-state index contributed by atoms with van der Waals surface area (Å²) >= 11 is 0. The van der Waals surface area contributed by atoms with Crippen molar-refractivity contribution < 1.29 is 29.3 Å². The maximum absolute atomic E-state index is 10.8. The van der Waals surface area contributed by atoms with Crippen LogP contribution in [0.4, 0.5) is 0 Å². The highest BCUT2D eigenvalue weighted by Crippen LogP contribution is 2.16. The largest absolute Gasteiger partial charge is 0.494 e. The molecule has 0 atom stereocenters. The average Bonchev–Trinajstić information content (AvgIpc) is 2.92. The molecule has 0 saturated carbocycles. The Morgan fingerprint density at radius 1 is 0.421 bits per heavy atom. The van der Waals surface area contributed by atoms with E-state index in [1.807, 2.05) is 0 Å². The van der Waals surface area contributed by atoms with E-state index in [2.05, 4.69) is 0 Å². The van der Waals surface area contributed by atoms with Crippen molar-refractivity contribution in [3.63, 3.8) is 0 Å². The molecule has 2 N–H and O–H groups in total. The fourth-order valence-corrected chi connectivity index (χ4v) is 4.45. The van der Waals surface area contributed by atoms with E-state index < -0.39 is 11.9 Å². The number of carbonyl (C=O) groups is 2. The van der Waals surface area contributed by atoms with Gasteiger partial charge in [0.1, 0.15) is 11.5 Å². The Bertz CT molecular complexity index is 816. The zero-order valence-electron chi connectivity index (χ0n) is 22.9. The molecule has 0 aliphatic rings. The van der Waals surface area contributed by atoms with Gasteiger partial charge in [-0.05, 0) is 61.4 Å². The lowest BCUT2D eigenvalue weighted by Crippen LogP contribution is -1.99. The van der Waals surface area contributed by atoms with Crippen molar-refractivity contribution in [1.29, 1.82) is 0 Å². The summed E-state index contributed by atoms with van der Waals surface area (Å²) in [4.78, 5) is 21.7. The van der Waals surface area contributed by atoms with Gasteiger partial charge >= 0.3 is 11.9 Å². The average molecular weight is 527 g/mol. The van der Waals surface area contributed by atoms with Crippen molar-refractivity contribution in [1.82, 2.24) is 0 Å². The first-order valence-corrected chi connectivity index (χ1v) is 14.5. The molecule has 6 nitrogen and oxygen atoms in total. The standard InChI is InChI=1S/C32H46O6/c33-31(34)27-17-21-29(22-18-27)37-25-15-13-11-9-7-5-3-1-2-4-6-8-10-12-14-16-26-38-30-23-19-28(20-24-30)32(35)36/h17-24H,1-16,25-26H2,(H,33,34)(H,35,36). The monoisotopic (exact) mass is 526 g/mol. The highest BCUT2D eigenvalue weighted by Gasteiger charge is 2.03. The first-order chi connectivity index (χ1) is 18.6. The molecule has 0 saturated heterocycles. The number of aromatic carboxylic acids is 2. The summed E-state index contributed by atoms with van der Waals surface area (Å²) in [6.45, 7) is 1.38. The summed E-state index contributed by atoms with van der Waals surface area (Å²) < 4.78 is 11.4. The lowest BCUT2D eigenvalue weighted by molar-refractivity contribution is 0.0686. The summed E-state index contributed by atoms with van der Waals surface area (Å²) in [6.07, 6.45) is 20.3. The normalized spacial score (nSPS) is 10.8. The molecule has 0 amide bonds. The lowest BCUT2D eigenvalue weighted by atomic mass is 10.0. The Kier molecular flexibility index (Phi) is 16.4. The summed E-state index contributed by atoms with van der Waals surface area (Å²) in [7, 11) is 0. The van der Waals surface area contributed by atoms with Crippen molar-refractivity contribution in [3.8, 4) is 11.5 Å². The van der Waals surface area contributed by atoms with E-state index in [4.69, 9.17) is 19.7 Å². The van der Waals surface area contributed by atoms with Gasteiger partial charge in [0, 0.05) is 0 Å². The number of rotatable bonds is 23. The van der Waals surface area contributed by atoms with Gasteiger partial charge in [0.15, 0.2) is 0 Å². The molecule has 210 valence electrons. The fourth-order valence-electron chi connectivity index (χ4n) is 4.45. The Hall–Kier alpha value is -3.02. The molecule has 0 aliphatic heterocycles. The van der Waals surface area contributed by atoms with Gasteiger partial charge in [-0.1, -0.05) is 89.9 Å². The van der Waals surface area contributed by atoms with E-state index in [1.54, 1.807) is 48.5 Å². The van der Waals surface area contributed by atoms with Crippen molar-refractivity contribution in [2.45, 2.75) is 103 Å². The van der Waals surface area contributed by atoms with E-state index in [-0.39, 0.29) is 11.1 Å². The van der Waals surface area contributed by atoms with Crippen molar-refractivity contribution in [2.24, 2.45) is 0 Å². The fraction of sp³-hybridized carbons (Fsp3) is 0.562. The van der Waals surface area contributed by atoms with Crippen molar-refractivity contribution in [3.05, 3.63) is 59.7 Å². The predicted molar refractivity (Wildman–Crippen MR) is 152 cm³/mol. The second-order valence-corrected chi connectivity index (χ2v) is 10.0. The molecule has 0 unspecified atom stereocenters. The van der Waals surface area contributed by atoms with Crippen LogP contribution >= 0.6 is 0 Å². The maximum atomic E-state index is 10.8. The number of unbranched alkanes of at least 4 members (excludes halogenated alkanes) is 15. The van der Waals surface area contributed by atoms with Crippen LogP contribution in [0.25, 0.3) is 0 Å². The molecule has 0 bridgehead atoms. The molecule has 0 aromatic heterocycles. The molecule has 0 radical (unpaired) electrons. The molecule has 6 heteroatoms. The molecule has 2 aromatic carbocycles. The van der Waals surface area contributed by atoms with Crippen LogP contribution in [0.15, 0.2) is 48.5 Å². The first-order valence-electron chi connectivity index (χ1n) is 14.5. The van der Waals surface area contributed by atoms with Gasteiger partial charge in [0.2, 0.25) is 0 Å². The van der Waals surface area contributed by atoms with Gasteiger partial charge in [0.05, 0.1) is 24.3 Å². The Morgan fingerprint density at radius 3 is 0.895 bits per heavy atom. The first kappa shape index (κ1) is 31.2. The van der Waals surface area contributed by atoms with Gasteiger partial charge in [-0.15, -0.1) is 0 Å². The van der Waals surface area contributed by atoms with Crippen LogP contribution in [0.1, 0.15) is 123 Å². The minimum Gasteiger partial charge on any atom is -0.494 e. The molecule has 0 fully saturated rings. The maximum Gasteiger partial charge on any atom is 0.335 e. The Labute approximate surface area is 228 Å². The highest BCUT2D eigenvalue weighted by atomic mass is 16.5. The van der Waals surface area contributed by atoms with Crippen LogP contribution in [0, 0.1) is 0 Å². The van der Waals surface area contributed by atoms with Crippen LogP contribution in [-0.2, 0) is 0 Å². The third kappa shape index (κ3) is 14.7. The van der Waals surface area contributed by atoms with Gasteiger partial charge < -0.3 is 19.7 Å². The Morgan fingerprint density at radius 2 is 0.658 bits per heavy atom. The van der Waals surface area contributed by atoms with Gasteiger partial charge in [-0.3, -0.25) is 0 Å². The topological polar surface area (TPSA) is 93.1 Å². The summed E-state index contributed by atoms with van der Waals surface area (Å²) in [5.41, 5.74) is 0.572. The number of benzene rings is 2. The minimum absolute atomic E-state index is 0.286. The quantitative estimate of drug-likeness (QED) is 0.141. The van der Waals surface area contributed by atoms with Crippen LogP contribution in [0.3, 0.4) is 0 Å². The summed E-state index contributed by atoms with van der Waals surface area (Å²) in [5.74, 6) is -0.351. The molecular weight excluding hydrogens is 480 g/mol. The zero-order valence-corrected chi connectivity index (χ0v) is 22.9. The van der Waals surface area contributed by atoms with Crippen molar-refractivity contribution >= 4 is 11.9 Å². The Balaban J connectivity index is 1.26. The predicted octanol–water partition coefficient (Wildman–Crippen LogP) is 8.78. The highest BCUT2D eigenvalue weighted by molar-refractivity contribution is 5.88. The molecule has 2 aromatic rings. The number of carboxylic acids is 2.